The first-order valence-electron chi connectivity index (χ1n) is 6.40. The number of hydrogen-bond acceptors (Lipinski definition) is 3. The number of benzene rings is 1. The van der Waals surface area contributed by atoms with Crippen LogP contribution in [0.4, 0.5) is 0 Å². The van der Waals surface area contributed by atoms with Crippen molar-refractivity contribution >= 4 is 27.8 Å². The molecule has 0 aromatic heterocycles. The average Bonchev–Trinajstić information content (AvgIpc) is 2.34. The van der Waals surface area contributed by atoms with Crippen molar-refractivity contribution in [2.75, 3.05) is 6.54 Å². The van der Waals surface area contributed by atoms with Crippen LogP contribution in [0.3, 0.4) is 0 Å². The molecule has 0 atom stereocenters. The Labute approximate surface area is 125 Å². The number of carboxylic acid groups (broad SMARTS) is 1. The monoisotopic (exact) mass is 341 g/mol. The largest absolute Gasteiger partial charge is 0.507 e. The molecule has 1 aromatic carbocycles. The molecule has 0 heterocycles. The maximum Gasteiger partial charge on any atom is 0.303 e. The first-order valence-corrected chi connectivity index (χ1v) is 7.20. The van der Waals surface area contributed by atoms with Crippen LogP contribution >= 0.6 is 15.9 Å². The number of phenolic OH excluding ortho intramolecular Hbond substituents is 1. The molecular weight excluding hydrogens is 326 g/mol. The molecule has 3 N–H and O–H groups in total. The third kappa shape index (κ3) is 3.30. The van der Waals surface area contributed by atoms with Crippen LogP contribution in [0.25, 0.3) is 0 Å². The van der Waals surface area contributed by atoms with Crippen molar-refractivity contribution in [1.29, 1.82) is 0 Å². The molecule has 1 amide bonds. The molecule has 0 spiro atoms. The maximum absolute atomic E-state index is 12.1. The highest BCUT2D eigenvalue weighted by Crippen LogP contribution is 2.43. The fraction of sp³-hybridized carbons (Fsp3) is 0.429. The molecule has 0 unspecified atom stereocenters. The number of aliphatic carboxylic acids is 1. The highest BCUT2D eigenvalue weighted by atomic mass is 79.9. The normalized spacial score (nSPS) is 16.2. The third-order valence-electron chi connectivity index (χ3n) is 3.77. The molecule has 1 fully saturated rings. The van der Waals surface area contributed by atoms with Gasteiger partial charge in [-0.15, -0.1) is 0 Å². The Morgan fingerprint density at radius 2 is 2.05 bits per heavy atom. The van der Waals surface area contributed by atoms with Gasteiger partial charge in [0.05, 0.1) is 12.0 Å². The van der Waals surface area contributed by atoms with Crippen LogP contribution in [-0.4, -0.2) is 28.6 Å². The van der Waals surface area contributed by atoms with Crippen LogP contribution in [0.5, 0.6) is 5.75 Å². The number of rotatable bonds is 5. The van der Waals surface area contributed by atoms with Crippen molar-refractivity contribution in [1.82, 2.24) is 5.32 Å². The van der Waals surface area contributed by atoms with E-state index in [9.17, 15) is 14.7 Å². The topological polar surface area (TPSA) is 86.6 Å². The van der Waals surface area contributed by atoms with Crippen molar-refractivity contribution in [3.8, 4) is 5.75 Å². The van der Waals surface area contributed by atoms with E-state index in [1.807, 2.05) is 0 Å². The Bertz CT molecular complexity index is 540. The molecule has 0 aliphatic heterocycles. The molecule has 0 saturated heterocycles. The molecule has 1 aliphatic carbocycles. The van der Waals surface area contributed by atoms with Gasteiger partial charge in [-0.25, -0.2) is 0 Å². The minimum Gasteiger partial charge on any atom is -0.507 e. The second kappa shape index (κ2) is 5.83. The van der Waals surface area contributed by atoms with Gasteiger partial charge in [-0.1, -0.05) is 22.4 Å². The zero-order valence-electron chi connectivity index (χ0n) is 10.9. The fourth-order valence-electron chi connectivity index (χ4n) is 2.47. The summed E-state index contributed by atoms with van der Waals surface area (Å²) in [5.41, 5.74) is -0.146. The lowest BCUT2D eigenvalue weighted by Gasteiger charge is -2.40. The summed E-state index contributed by atoms with van der Waals surface area (Å²) in [7, 11) is 0. The number of carbonyl (C=O) groups is 2. The van der Waals surface area contributed by atoms with Crippen molar-refractivity contribution in [3.63, 3.8) is 0 Å². The quantitative estimate of drug-likeness (QED) is 0.767. The van der Waals surface area contributed by atoms with Crippen LogP contribution in [-0.2, 0) is 4.79 Å². The molecule has 1 aromatic rings. The van der Waals surface area contributed by atoms with Gasteiger partial charge in [0.25, 0.3) is 5.91 Å². The lowest BCUT2D eigenvalue weighted by molar-refractivity contribution is -0.141. The number of carbonyl (C=O) groups excluding carboxylic acids is 1. The van der Waals surface area contributed by atoms with Gasteiger partial charge in [0.15, 0.2) is 0 Å². The Balaban J connectivity index is 2.01. The second-order valence-electron chi connectivity index (χ2n) is 5.27. The highest BCUT2D eigenvalue weighted by molar-refractivity contribution is 9.10. The Kier molecular flexibility index (Phi) is 4.32. The van der Waals surface area contributed by atoms with E-state index in [-0.39, 0.29) is 29.1 Å². The number of nitrogens with one attached hydrogen (secondary N) is 1. The zero-order chi connectivity index (χ0) is 14.8. The van der Waals surface area contributed by atoms with E-state index in [1.54, 1.807) is 6.07 Å². The summed E-state index contributed by atoms with van der Waals surface area (Å²) >= 11 is 3.24. The van der Waals surface area contributed by atoms with Gasteiger partial charge in [0, 0.05) is 11.0 Å². The van der Waals surface area contributed by atoms with Crippen LogP contribution in [0, 0.1) is 5.41 Å². The number of halogens is 1. The fourth-order valence-corrected chi connectivity index (χ4v) is 2.83. The Morgan fingerprint density at radius 1 is 1.35 bits per heavy atom. The van der Waals surface area contributed by atoms with Gasteiger partial charge in [0.1, 0.15) is 5.75 Å². The van der Waals surface area contributed by atoms with E-state index in [0.29, 0.717) is 11.0 Å². The van der Waals surface area contributed by atoms with Crippen molar-refractivity contribution in [2.45, 2.75) is 25.7 Å². The van der Waals surface area contributed by atoms with Crippen molar-refractivity contribution < 1.29 is 19.8 Å². The Morgan fingerprint density at radius 3 is 2.60 bits per heavy atom. The summed E-state index contributed by atoms with van der Waals surface area (Å²) in [6.07, 6.45) is 2.68. The van der Waals surface area contributed by atoms with Crippen molar-refractivity contribution in [3.05, 3.63) is 28.2 Å². The molecular formula is C14H16BrNO4. The average molecular weight is 342 g/mol. The standard InChI is InChI=1S/C14H16BrNO4/c15-9-2-3-11(17)10(6-9)13(20)16-8-14(4-1-5-14)7-12(18)19/h2-3,6,17H,1,4-5,7-8H2,(H,16,20)(H,18,19). The molecule has 1 saturated carbocycles. The number of phenols is 1. The number of aromatic hydroxyl groups is 1. The summed E-state index contributed by atoms with van der Waals surface area (Å²) in [5.74, 6) is -1.32. The molecule has 6 heteroatoms. The van der Waals surface area contributed by atoms with Crippen LogP contribution in [0.2, 0.25) is 0 Å². The van der Waals surface area contributed by atoms with Crippen molar-refractivity contribution in [2.24, 2.45) is 5.41 Å². The summed E-state index contributed by atoms with van der Waals surface area (Å²) in [5, 5.41) is 21.3. The maximum atomic E-state index is 12.1. The summed E-state index contributed by atoms with van der Waals surface area (Å²) in [4.78, 5) is 22.9. The molecule has 5 nitrogen and oxygen atoms in total. The summed E-state index contributed by atoms with van der Waals surface area (Å²) < 4.78 is 0.698. The highest BCUT2D eigenvalue weighted by Gasteiger charge is 2.39. The number of amides is 1. The lowest BCUT2D eigenvalue weighted by Crippen LogP contribution is -2.43. The van der Waals surface area contributed by atoms with E-state index < -0.39 is 5.97 Å². The van der Waals surface area contributed by atoms with Crippen LogP contribution in [0.15, 0.2) is 22.7 Å². The van der Waals surface area contributed by atoms with E-state index in [1.165, 1.54) is 12.1 Å². The van der Waals surface area contributed by atoms with E-state index in [2.05, 4.69) is 21.2 Å². The predicted molar refractivity (Wildman–Crippen MR) is 76.7 cm³/mol. The Hall–Kier alpha value is -1.56. The molecule has 1 aliphatic rings. The number of carboxylic acids is 1. The van der Waals surface area contributed by atoms with Crippen LogP contribution in [0.1, 0.15) is 36.0 Å². The minimum atomic E-state index is -0.843. The van der Waals surface area contributed by atoms with E-state index >= 15 is 0 Å². The minimum absolute atomic E-state index is 0.0672. The smallest absolute Gasteiger partial charge is 0.303 e. The van der Waals surface area contributed by atoms with E-state index in [4.69, 9.17) is 5.11 Å². The van der Waals surface area contributed by atoms with Gasteiger partial charge in [-0.05, 0) is 36.5 Å². The SMILES string of the molecule is O=C(O)CC1(CNC(=O)c2cc(Br)ccc2O)CCC1. The van der Waals surface area contributed by atoms with E-state index in [0.717, 1.165) is 19.3 Å². The molecule has 0 bridgehead atoms. The predicted octanol–water partition coefficient (Wildman–Crippen LogP) is 2.53. The number of hydrogen-bond donors (Lipinski definition) is 3. The molecule has 0 radical (unpaired) electrons. The van der Waals surface area contributed by atoms with Gasteiger partial charge >= 0.3 is 5.97 Å². The summed E-state index contributed by atoms with van der Waals surface area (Å²) in [6, 6.07) is 4.62. The molecule has 108 valence electrons. The van der Waals surface area contributed by atoms with Gasteiger partial charge in [-0.3, -0.25) is 9.59 Å². The molecule has 20 heavy (non-hydrogen) atoms. The second-order valence-corrected chi connectivity index (χ2v) is 6.18. The van der Waals surface area contributed by atoms with Gasteiger partial charge < -0.3 is 15.5 Å². The summed E-state index contributed by atoms with van der Waals surface area (Å²) in [6.45, 7) is 0.323. The first kappa shape index (κ1) is 14.8. The van der Waals surface area contributed by atoms with Gasteiger partial charge in [0.2, 0.25) is 0 Å². The van der Waals surface area contributed by atoms with Crippen LogP contribution < -0.4 is 5.32 Å². The first-order chi connectivity index (χ1) is 9.42. The molecule has 2 rings (SSSR count). The third-order valence-corrected chi connectivity index (χ3v) is 4.26. The lowest BCUT2D eigenvalue weighted by atomic mass is 9.66. The van der Waals surface area contributed by atoms with Gasteiger partial charge in [-0.2, -0.15) is 0 Å². The zero-order valence-corrected chi connectivity index (χ0v) is 12.4.